The van der Waals surface area contributed by atoms with Crippen molar-refractivity contribution in [2.75, 3.05) is 23.5 Å². The Bertz CT molecular complexity index is 391. The fraction of sp³-hybridized carbons (Fsp3) is 0.538. The first-order valence-electron chi connectivity index (χ1n) is 5.87. The van der Waals surface area contributed by atoms with Gasteiger partial charge in [0, 0.05) is 30.1 Å². The summed E-state index contributed by atoms with van der Waals surface area (Å²) in [6, 6.07) is 5.14. The molecule has 17 heavy (non-hydrogen) atoms. The number of nitrogens with zero attached hydrogens (tertiary/aromatic N) is 1. The Balaban J connectivity index is 2.29. The average molecular weight is 255 g/mol. The van der Waals surface area contributed by atoms with Crippen molar-refractivity contribution in [3.05, 3.63) is 29.6 Å². The number of aliphatic hydroxyl groups excluding tert-OH is 1. The molecule has 1 aliphatic rings. The van der Waals surface area contributed by atoms with Gasteiger partial charge in [0.15, 0.2) is 0 Å². The van der Waals surface area contributed by atoms with Crippen LogP contribution in [-0.4, -0.2) is 29.7 Å². The van der Waals surface area contributed by atoms with Crippen LogP contribution in [0.15, 0.2) is 18.2 Å². The van der Waals surface area contributed by atoms with E-state index in [2.05, 4.69) is 4.90 Å². The van der Waals surface area contributed by atoms with Gasteiger partial charge in [0.1, 0.15) is 5.82 Å². The summed E-state index contributed by atoms with van der Waals surface area (Å²) in [6.07, 6.45) is 0.509. The van der Waals surface area contributed by atoms with Crippen LogP contribution in [0.2, 0.25) is 0 Å². The average Bonchev–Trinajstić information content (AvgIpc) is 2.81. The van der Waals surface area contributed by atoms with Crippen LogP contribution in [-0.2, 0) is 0 Å². The van der Waals surface area contributed by atoms with Gasteiger partial charge < -0.3 is 10.0 Å². The first-order valence-corrected chi connectivity index (χ1v) is 7.03. The van der Waals surface area contributed by atoms with E-state index in [1.54, 1.807) is 13.0 Å². The molecule has 2 unspecified atom stereocenters. The van der Waals surface area contributed by atoms with Crippen LogP contribution < -0.4 is 4.90 Å². The van der Waals surface area contributed by atoms with Crippen LogP contribution in [0.25, 0.3) is 0 Å². The molecular formula is C13H18FNOS. The van der Waals surface area contributed by atoms with E-state index in [1.165, 1.54) is 17.9 Å². The second kappa shape index (κ2) is 5.27. The predicted octanol–water partition coefficient (Wildman–Crippen LogP) is 2.82. The molecule has 1 saturated heterocycles. The van der Waals surface area contributed by atoms with E-state index >= 15 is 0 Å². The maximum absolute atomic E-state index is 13.2. The molecule has 2 rings (SSSR count). The third-order valence-electron chi connectivity index (χ3n) is 3.27. The van der Waals surface area contributed by atoms with Crippen LogP contribution in [0.4, 0.5) is 10.1 Å². The fourth-order valence-electron chi connectivity index (χ4n) is 2.21. The molecule has 0 aliphatic carbocycles. The van der Waals surface area contributed by atoms with Gasteiger partial charge in [-0.25, -0.2) is 4.39 Å². The van der Waals surface area contributed by atoms with E-state index in [4.69, 9.17) is 0 Å². The van der Waals surface area contributed by atoms with Crippen molar-refractivity contribution in [3.63, 3.8) is 0 Å². The quantitative estimate of drug-likeness (QED) is 0.898. The molecule has 2 nitrogen and oxygen atoms in total. The van der Waals surface area contributed by atoms with Gasteiger partial charge in [0.25, 0.3) is 0 Å². The van der Waals surface area contributed by atoms with Crippen LogP contribution in [0.1, 0.15) is 25.0 Å². The monoisotopic (exact) mass is 255 g/mol. The standard InChI is InChI=1S/C13H18FNOS/c1-9(16)12-7-10(14)3-4-13(12)15(2)11-5-6-17-8-11/h3-4,7,9,11,16H,5-6,8H2,1-2H3. The molecule has 0 saturated carbocycles. The van der Waals surface area contributed by atoms with E-state index < -0.39 is 6.10 Å². The number of rotatable bonds is 3. The van der Waals surface area contributed by atoms with E-state index in [1.807, 2.05) is 18.8 Å². The molecule has 2 atom stereocenters. The Kier molecular flexibility index (Phi) is 3.94. The molecule has 0 amide bonds. The van der Waals surface area contributed by atoms with Gasteiger partial charge in [-0.05, 0) is 37.3 Å². The van der Waals surface area contributed by atoms with Crippen molar-refractivity contribution in [1.82, 2.24) is 0 Å². The lowest BCUT2D eigenvalue weighted by Crippen LogP contribution is -2.32. The van der Waals surface area contributed by atoms with Crippen LogP contribution in [0.5, 0.6) is 0 Å². The lowest BCUT2D eigenvalue weighted by atomic mass is 10.1. The van der Waals surface area contributed by atoms with Gasteiger partial charge in [-0.3, -0.25) is 0 Å². The van der Waals surface area contributed by atoms with E-state index in [-0.39, 0.29) is 5.82 Å². The lowest BCUT2D eigenvalue weighted by molar-refractivity contribution is 0.199. The van der Waals surface area contributed by atoms with Crippen LogP contribution in [0, 0.1) is 5.82 Å². The van der Waals surface area contributed by atoms with Crippen molar-refractivity contribution in [2.45, 2.75) is 25.5 Å². The largest absolute Gasteiger partial charge is 0.389 e. The molecule has 0 radical (unpaired) electrons. The molecule has 1 fully saturated rings. The Labute approximate surface area is 106 Å². The topological polar surface area (TPSA) is 23.5 Å². The predicted molar refractivity (Wildman–Crippen MR) is 71.2 cm³/mol. The van der Waals surface area contributed by atoms with Crippen molar-refractivity contribution in [2.24, 2.45) is 0 Å². The molecular weight excluding hydrogens is 237 g/mol. The summed E-state index contributed by atoms with van der Waals surface area (Å²) in [5.74, 6) is 1.99. The molecule has 1 aromatic rings. The highest BCUT2D eigenvalue weighted by molar-refractivity contribution is 7.99. The van der Waals surface area contributed by atoms with Gasteiger partial charge in [-0.2, -0.15) is 11.8 Å². The zero-order valence-corrected chi connectivity index (χ0v) is 11.0. The maximum Gasteiger partial charge on any atom is 0.123 e. The molecule has 0 aromatic heterocycles. The number of hydrogen-bond acceptors (Lipinski definition) is 3. The number of thioether (sulfide) groups is 1. The zero-order valence-electron chi connectivity index (χ0n) is 10.2. The molecule has 1 heterocycles. The molecule has 0 spiro atoms. The summed E-state index contributed by atoms with van der Waals surface area (Å²) in [5.41, 5.74) is 1.61. The molecule has 1 N–H and O–H groups in total. The molecule has 4 heteroatoms. The molecule has 94 valence electrons. The number of halogens is 1. The maximum atomic E-state index is 13.2. The smallest absolute Gasteiger partial charge is 0.123 e. The molecule has 1 aliphatic heterocycles. The van der Waals surface area contributed by atoms with Crippen molar-refractivity contribution >= 4 is 17.4 Å². The minimum atomic E-state index is -0.641. The highest BCUT2D eigenvalue weighted by Crippen LogP contribution is 2.31. The van der Waals surface area contributed by atoms with Gasteiger partial charge in [0.05, 0.1) is 6.10 Å². The summed E-state index contributed by atoms with van der Waals surface area (Å²) >= 11 is 1.94. The van der Waals surface area contributed by atoms with Gasteiger partial charge in [0.2, 0.25) is 0 Å². The number of anilines is 1. The normalized spacial score (nSPS) is 21.5. The van der Waals surface area contributed by atoms with Gasteiger partial charge in [-0.1, -0.05) is 0 Å². The highest BCUT2D eigenvalue weighted by Gasteiger charge is 2.23. The number of aliphatic hydroxyl groups is 1. The van der Waals surface area contributed by atoms with Crippen LogP contribution >= 0.6 is 11.8 Å². The first kappa shape index (κ1) is 12.7. The van der Waals surface area contributed by atoms with Crippen molar-refractivity contribution in [3.8, 4) is 0 Å². The third-order valence-corrected chi connectivity index (χ3v) is 4.42. The highest BCUT2D eigenvalue weighted by atomic mass is 32.2. The fourth-order valence-corrected chi connectivity index (χ4v) is 3.47. The van der Waals surface area contributed by atoms with E-state index in [9.17, 15) is 9.50 Å². The van der Waals surface area contributed by atoms with E-state index in [0.717, 1.165) is 17.9 Å². The van der Waals surface area contributed by atoms with Crippen molar-refractivity contribution in [1.29, 1.82) is 0 Å². The van der Waals surface area contributed by atoms with Crippen LogP contribution in [0.3, 0.4) is 0 Å². The summed E-state index contributed by atoms with van der Waals surface area (Å²) < 4.78 is 13.2. The Morgan fingerprint density at radius 3 is 2.88 bits per heavy atom. The summed E-state index contributed by atoms with van der Waals surface area (Å²) in [4.78, 5) is 2.17. The van der Waals surface area contributed by atoms with Gasteiger partial charge in [-0.15, -0.1) is 0 Å². The summed E-state index contributed by atoms with van der Waals surface area (Å²) in [5, 5.41) is 9.72. The second-order valence-corrected chi connectivity index (χ2v) is 5.66. The zero-order chi connectivity index (χ0) is 12.4. The SMILES string of the molecule is CC(O)c1cc(F)ccc1N(C)C1CCSC1. The third kappa shape index (κ3) is 2.75. The van der Waals surface area contributed by atoms with Crippen molar-refractivity contribution < 1.29 is 9.50 Å². The molecule has 1 aromatic carbocycles. The Morgan fingerprint density at radius 1 is 1.53 bits per heavy atom. The van der Waals surface area contributed by atoms with Gasteiger partial charge >= 0.3 is 0 Å². The Morgan fingerprint density at radius 2 is 2.29 bits per heavy atom. The first-order chi connectivity index (χ1) is 8.09. The lowest BCUT2D eigenvalue weighted by Gasteiger charge is -2.29. The summed E-state index contributed by atoms with van der Waals surface area (Å²) in [6.45, 7) is 1.68. The minimum Gasteiger partial charge on any atom is -0.389 e. The molecule has 0 bridgehead atoms. The number of benzene rings is 1. The second-order valence-electron chi connectivity index (χ2n) is 4.51. The minimum absolute atomic E-state index is 0.293. The Hall–Kier alpha value is -0.740. The summed E-state index contributed by atoms with van der Waals surface area (Å²) in [7, 11) is 2.02. The van der Waals surface area contributed by atoms with E-state index in [0.29, 0.717) is 11.6 Å². The number of hydrogen-bond donors (Lipinski definition) is 1.